The van der Waals surface area contributed by atoms with E-state index in [4.69, 9.17) is 9.47 Å². The van der Waals surface area contributed by atoms with Crippen LogP contribution in [0.1, 0.15) is 18.4 Å². The number of hydrogen-bond donors (Lipinski definition) is 0. The summed E-state index contributed by atoms with van der Waals surface area (Å²) < 4.78 is 10.8. The van der Waals surface area contributed by atoms with E-state index in [0.717, 1.165) is 18.4 Å². The molecule has 1 fully saturated rings. The van der Waals surface area contributed by atoms with Gasteiger partial charge < -0.3 is 14.4 Å². The van der Waals surface area contributed by atoms with Crippen molar-refractivity contribution in [1.82, 2.24) is 4.90 Å². The highest BCUT2D eigenvalue weighted by Gasteiger charge is 2.40. The van der Waals surface area contributed by atoms with Gasteiger partial charge in [-0.25, -0.2) is 0 Å². The van der Waals surface area contributed by atoms with E-state index < -0.39 is 0 Å². The number of para-hydroxylation sites is 1. The zero-order valence-electron chi connectivity index (χ0n) is 13.4. The molecule has 3 rings (SSSR count). The second-order valence-corrected chi connectivity index (χ2v) is 6.23. The summed E-state index contributed by atoms with van der Waals surface area (Å²) in [4.78, 5) is 14.5. The van der Waals surface area contributed by atoms with Crippen LogP contribution in [0.3, 0.4) is 0 Å². The summed E-state index contributed by atoms with van der Waals surface area (Å²) in [6.07, 6.45) is 6.63. The third kappa shape index (κ3) is 2.58. The van der Waals surface area contributed by atoms with Crippen LogP contribution in [0.25, 0.3) is 0 Å². The Kier molecular flexibility index (Phi) is 4.10. The summed E-state index contributed by atoms with van der Waals surface area (Å²) in [7, 11) is 5.12. The molecular weight excluding hydrogens is 278 g/mol. The number of ether oxygens (including phenoxy) is 2. The van der Waals surface area contributed by atoms with Crippen LogP contribution < -0.4 is 9.47 Å². The van der Waals surface area contributed by atoms with E-state index in [2.05, 4.69) is 12.2 Å². The van der Waals surface area contributed by atoms with Gasteiger partial charge in [0.25, 0.3) is 0 Å². The molecule has 4 heteroatoms. The summed E-state index contributed by atoms with van der Waals surface area (Å²) in [6.45, 7) is 0.538. The highest BCUT2D eigenvalue weighted by Crippen LogP contribution is 2.44. The van der Waals surface area contributed by atoms with Crippen LogP contribution in [0.4, 0.5) is 0 Å². The van der Waals surface area contributed by atoms with Crippen molar-refractivity contribution in [2.75, 3.05) is 21.3 Å². The van der Waals surface area contributed by atoms with Gasteiger partial charge in [0.15, 0.2) is 11.5 Å². The summed E-state index contributed by atoms with van der Waals surface area (Å²) >= 11 is 0. The minimum absolute atomic E-state index is 0.150. The number of hydrogen-bond acceptors (Lipinski definition) is 3. The normalized spacial score (nSPS) is 25.3. The molecular formula is C18H23NO3. The van der Waals surface area contributed by atoms with E-state index in [-0.39, 0.29) is 11.8 Å². The van der Waals surface area contributed by atoms with Gasteiger partial charge in [0, 0.05) is 25.1 Å². The molecule has 0 radical (unpaired) electrons. The van der Waals surface area contributed by atoms with Crippen molar-refractivity contribution in [2.24, 2.45) is 17.8 Å². The number of allylic oxidation sites excluding steroid dienone is 2. The summed E-state index contributed by atoms with van der Waals surface area (Å²) in [5.74, 6) is 2.84. The van der Waals surface area contributed by atoms with Crippen LogP contribution in [0, 0.1) is 17.8 Å². The predicted molar refractivity (Wildman–Crippen MR) is 84.9 cm³/mol. The molecule has 4 nitrogen and oxygen atoms in total. The lowest BCUT2D eigenvalue weighted by atomic mass is 9.92. The molecule has 0 unspecified atom stereocenters. The molecule has 2 aliphatic rings. The number of amides is 1. The molecule has 3 atom stereocenters. The number of benzene rings is 1. The zero-order valence-corrected chi connectivity index (χ0v) is 13.4. The van der Waals surface area contributed by atoms with Crippen molar-refractivity contribution in [3.05, 3.63) is 35.9 Å². The van der Waals surface area contributed by atoms with Gasteiger partial charge in [-0.1, -0.05) is 24.3 Å². The number of fused-ring (bicyclic) bond motifs is 2. The summed E-state index contributed by atoms with van der Waals surface area (Å²) in [6, 6.07) is 5.77. The smallest absolute Gasteiger partial charge is 0.226 e. The molecule has 118 valence electrons. The fourth-order valence-corrected chi connectivity index (χ4v) is 3.76. The number of rotatable bonds is 5. The molecule has 0 saturated heterocycles. The summed E-state index contributed by atoms with van der Waals surface area (Å²) in [5, 5.41) is 0. The fourth-order valence-electron chi connectivity index (χ4n) is 3.76. The maximum atomic E-state index is 12.7. The van der Waals surface area contributed by atoms with Crippen molar-refractivity contribution in [1.29, 1.82) is 0 Å². The minimum atomic E-state index is 0.150. The van der Waals surface area contributed by atoms with E-state index in [1.165, 1.54) is 0 Å². The van der Waals surface area contributed by atoms with Gasteiger partial charge in [-0.3, -0.25) is 4.79 Å². The van der Waals surface area contributed by atoms with Gasteiger partial charge in [0.05, 0.1) is 14.2 Å². The number of methoxy groups -OCH3 is 2. The Morgan fingerprint density at radius 3 is 2.64 bits per heavy atom. The standard InChI is InChI=1S/C18H23NO3/c1-19(18(20)15-10-12-7-8-13(15)9-12)11-14-5-4-6-16(21-2)17(14)22-3/h4-8,12-13,15H,9-11H2,1-3H3/t12-,13-,15+/m0/s1. The molecule has 1 amide bonds. The average Bonchev–Trinajstić information content (AvgIpc) is 3.16. The molecule has 22 heavy (non-hydrogen) atoms. The topological polar surface area (TPSA) is 38.8 Å². The molecule has 0 spiro atoms. The van der Waals surface area contributed by atoms with Gasteiger partial charge in [-0.15, -0.1) is 0 Å². The third-order valence-corrected chi connectivity index (χ3v) is 4.86. The quantitative estimate of drug-likeness (QED) is 0.785. The Morgan fingerprint density at radius 2 is 2.05 bits per heavy atom. The first-order valence-corrected chi connectivity index (χ1v) is 7.77. The first-order chi connectivity index (χ1) is 10.6. The van der Waals surface area contributed by atoms with E-state index in [1.807, 2.05) is 30.1 Å². The first-order valence-electron chi connectivity index (χ1n) is 7.77. The Labute approximate surface area is 131 Å². The predicted octanol–water partition coefficient (Wildman–Crippen LogP) is 2.87. The molecule has 1 saturated carbocycles. The molecule has 0 aromatic heterocycles. The largest absolute Gasteiger partial charge is 0.493 e. The second-order valence-electron chi connectivity index (χ2n) is 6.23. The van der Waals surface area contributed by atoms with Gasteiger partial charge in [0.1, 0.15) is 0 Å². The lowest BCUT2D eigenvalue weighted by Gasteiger charge is -2.25. The maximum Gasteiger partial charge on any atom is 0.226 e. The van der Waals surface area contributed by atoms with Crippen LogP contribution in [-0.2, 0) is 11.3 Å². The summed E-state index contributed by atoms with van der Waals surface area (Å²) in [5.41, 5.74) is 0.969. The molecule has 0 N–H and O–H groups in total. The van der Waals surface area contributed by atoms with Crippen molar-refractivity contribution in [2.45, 2.75) is 19.4 Å². The lowest BCUT2D eigenvalue weighted by molar-refractivity contribution is -0.135. The van der Waals surface area contributed by atoms with Crippen LogP contribution in [0.2, 0.25) is 0 Å². The van der Waals surface area contributed by atoms with Gasteiger partial charge in [-0.2, -0.15) is 0 Å². The lowest BCUT2D eigenvalue weighted by Crippen LogP contribution is -2.34. The van der Waals surface area contributed by atoms with E-state index in [1.54, 1.807) is 14.2 Å². The molecule has 1 aromatic rings. The van der Waals surface area contributed by atoms with Crippen molar-refractivity contribution < 1.29 is 14.3 Å². The minimum Gasteiger partial charge on any atom is -0.493 e. The van der Waals surface area contributed by atoms with Crippen LogP contribution in [0.15, 0.2) is 30.4 Å². The molecule has 1 aromatic carbocycles. The average molecular weight is 301 g/mol. The van der Waals surface area contributed by atoms with Crippen molar-refractivity contribution >= 4 is 5.91 Å². The van der Waals surface area contributed by atoms with E-state index in [0.29, 0.717) is 29.9 Å². The SMILES string of the molecule is COc1cccc(CN(C)C(=O)[C@@H]2C[C@H]3C=C[C@H]2C3)c1OC. The molecule has 0 aliphatic heterocycles. The Balaban J connectivity index is 1.73. The fraction of sp³-hybridized carbons (Fsp3) is 0.500. The Hall–Kier alpha value is -1.97. The molecule has 2 bridgehead atoms. The van der Waals surface area contributed by atoms with Crippen LogP contribution in [0.5, 0.6) is 11.5 Å². The highest BCUT2D eigenvalue weighted by atomic mass is 16.5. The van der Waals surface area contributed by atoms with Crippen molar-refractivity contribution in [3.8, 4) is 11.5 Å². The van der Waals surface area contributed by atoms with Crippen LogP contribution >= 0.6 is 0 Å². The second kappa shape index (κ2) is 6.03. The van der Waals surface area contributed by atoms with Crippen LogP contribution in [-0.4, -0.2) is 32.1 Å². The zero-order chi connectivity index (χ0) is 15.7. The Morgan fingerprint density at radius 1 is 1.23 bits per heavy atom. The maximum absolute atomic E-state index is 12.7. The van der Waals surface area contributed by atoms with E-state index in [9.17, 15) is 4.79 Å². The molecule has 0 heterocycles. The first kappa shape index (κ1) is 14.9. The number of carbonyl (C=O) groups is 1. The highest BCUT2D eigenvalue weighted by molar-refractivity contribution is 5.80. The van der Waals surface area contributed by atoms with Gasteiger partial charge in [0.2, 0.25) is 5.91 Å². The number of nitrogens with zero attached hydrogens (tertiary/aromatic N) is 1. The van der Waals surface area contributed by atoms with E-state index >= 15 is 0 Å². The van der Waals surface area contributed by atoms with Gasteiger partial charge in [-0.05, 0) is 30.7 Å². The van der Waals surface area contributed by atoms with Crippen molar-refractivity contribution in [3.63, 3.8) is 0 Å². The Bertz CT molecular complexity index is 596. The monoisotopic (exact) mass is 301 g/mol. The molecule has 2 aliphatic carbocycles. The number of carbonyl (C=O) groups excluding carboxylic acids is 1. The van der Waals surface area contributed by atoms with Gasteiger partial charge >= 0.3 is 0 Å². The third-order valence-electron chi connectivity index (χ3n) is 4.86.